The lowest BCUT2D eigenvalue weighted by Crippen LogP contribution is -2.48. The molecule has 0 aromatic carbocycles. The van der Waals surface area contributed by atoms with Gasteiger partial charge in [-0.2, -0.15) is 13.2 Å². The zero-order valence-electron chi connectivity index (χ0n) is 17.9. The van der Waals surface area contributed by atoms with Crippen LogP contribution in [0.4, 0.5) is 13.2 Å². The second-order valence-electron chi connectivity index (χ2n) is 9.41. The lowest BCUT2D eigenvalue weighted by molar-refractivity contribution is -0.189. The van der Waals surface area contributed by atoms with E-state index in [9.17, 15) is 22.8 Å². The fourth-order valence-corrected chi connectivity index (χ4v) is 3.47. The van der Waals surface area contributed by atoms with Gasteiger partial charge in [0.2, 0.25) is 5.91 Å². The topological polar surface area (TPSA) is 59.5 Å². The first-order valence-corrected chi connectivity index (χ1v) is 10.4. The number of rotatable bonds is 7. The van der Waals surface area contributed by atoms with Gasteiger partial charge in [0, 0.05) is 37.3 Å². The van der Waals surface area contributed by atoms with Crippen LogP contribution in [-0.2, 0) is 4.79 Å². The maximum Gasteiger partial charge on any atom is 0.425 e. The molecule has 0 bridgehead atoms. The quantitative estimate of drug-likeness (QED) is 0.590. The van der Waals surface area contributed by atoms with Gasteiger partial charge < -0.3 is 9.64 Å². The Labute approximate surface area is 175 Å². The standard InChI is InChI=1S/C22H29F3N2O3/c1-13(22(23,24)25)30-19-11-17(26-12-15(19)14-6-7-14)18(28)10-16(21(2,3)4)20(29)27-8-5-9-27/h11-14,16H,5-10H2,1-4H3/t13-,16?/m0/s1. The summed E-state index contributed by atoms with van der Waals surface area (Å²) in [5.41, 5.74) is 0.210. The van der Waals surface area contributed by atoms with Gasteiger partial charge in [-0.1, -0.05) is 20.8 Å². The van der Waals surface area contributed by atoms with Gasteiger partial charge in [0.25, 0.3) is 0 Å². The highest BCUT2D eigenvalue weighted by Crippen LogP contribution is 2.45. The van der Waals surface area contributed by atoms with Crippen molar-refractivity contribution in [2.24, 2.45) is 11.3 Å². The van der Waals surface area contributed by atoms with E-state index in [1.54, 1.807) is 4.90 Å². The number of aromatic nitrogens is 1. The van der Waals surface area contributed by atoms with Crippen LogP contribution in [0.3, 0.4) is 0 Å². The third-order valence-electron chi connectivity index (χ3n) is 5.86. The molecule has 1 aliphatic heterocycles. The molecular weight excluding hydrogens is 397 g/mol. The number of ketones is 1. The van der Waals surface area contributed by atoms with E-state index in [-0.39, 0.29) is 35.5 Å². The Balaban J connectivity index is 1.82. The first kappa shape index (κ1) is 22.6. The number of carbonyl (C=O) groups excluding carboxylic acids is 2. The number of nitrogens with zero attached hydrogens (tertiary/aromatic N) is 2. The molecule has 1 aliphatic carbocycles. The molecule has 1 saturated carbocycles. The maximum absolute atomic E-state index is 13.0. The molecule has 2 atom stereocenters. The second kappa shape index (κ2) is 8.19. The van der Waals surface area contributed by atoms with E-state index in [0.717, 1.165) is 26.2 Å². The summed E-state index contributed by atoms with van der Waals surface area (Å²) in [4.78, 5) is 31.7. The number of alkyl halides is 3. The average Bonchev–Trinajstić information content (AvgIpc) is 3.40. The van der Waals surface area contributed by atoms with Crippen LogP contribution in [0, 0.1) is 11.3 Å². The molecule has 1 aromatic rings. The zero-order valence-corrected chi connectivity index (χ0v) is 17.9. The van der Waals surface area contributed by atoms with Crippen molar-refractivity contribution in [3.63, 3.8) is 0 Å². The summed E-state index contributed by atoms with van der Waals surface area (Å²) in [5.74, 6) is -0.766. The van der Waals surface area contributed by atoms with E-state index in [2.05, 4.69) is 4.98 Å². The molecule has 2 heterocycles. The Morgan fingerprint density at radius 3 is 2.33 bits per heavy atom. The first-order valence-electron chi connectivity index (χ1n) is 10.4. The third-order valence-corrected chi connectivity index (χ3v) is 5.86. The molecule has 1 saturated heterocycles. The molecule has 8 heteroatoms. The van der Waals surface area contributed by atoms with E-state index in [4.69, 9.17) is 4.74 Å². The van der Waals surface area contributed by atoms with Gasteiger partial charge in [-0.3, -0.25) is 14.6 Å². The normalized spacial score (nSPS) is 19.1. The van der Waals surface area contributed by atoms with Crippen LogP contribution in [0.15, 0.2) is 12.3 Å². The molecule has 1 unspecified atom stereocenters. The molecular formula is C22H29F3N2O3. The lowest BCUT2D eigenvalue weighted by Gasteiger charge is -2.38. The number of carbonyl (C=O) groups is 2. The van der Waals surface area contributed by atoms with Crippen molar-refractivity contribution < 1.29 is 27.5 Å². The third kappa shape index (κ3) is 5.13. The first-order chi connectivity index (χ1) is 13.9. The highest BCUT2D eigenvalue weighted by molar-refractivity contribution is 5.97. The summed E-state index contributed by atoms with van der Waals surface area (Å²) in [5, 5.41) is 0. The number of hydrogen-bond donors (Lipinski definition) is 0. The SMILES string of the molecule is C[C@H](Oc1cc(C(=O)CC(C(=O)N2CCC2)C(C)(C)C)ncc1C1CC1)C(F)(F)F. The molecule has 2 aliphatic rings. The molecule has 0 spiro atoms. The zero-order chi connectivity index (χ0) is 22.3. The highest BCUT2D eigenvalue weighted by atomic mass is 19.4. The summed E-state index contributed by atoms with van der Waals surface area (Å²) < 4.78 is 44.2. The van der Waals surface area contributed by atoms with Gasteiger partial charge in [-0.25, -0.2) is 0 Å². The molecule has 30 heavy (non-hydrogen) atoms. The summed E-state index contributed by atoms with van der Waals surface area (Å²) in [7, 11) is 0. The number of amides is 1. The van der Waals surface area contributed by atoms with E-state index in [1.807, 2.05) is 20.8 Å². The minimum absolute atomic E-state index is 0.0365. The Bertz CT molecular complexity index is 809. The molecule has 2 fully saturated rings. The van der Waals surface area contributed by atoms with Gasteiger partial charge in [-0.05, 0) is 37.5 Å². The number of pyridine rings is 1. The number of Topliss-reactive ketones (excluding diaryl/α,β-unsaturated/α-hetero) is 1. The van der Waals surface area contributed by atoms with Crippen LogP contribution in [0.1, 0.15) is 75.3 Å². The van der Waals surface area contributed by atoms with Crippen LogP contribution in [0.25, 0.3) is 0 Å². The van der Waals surface area contributed by atoms with Crippen LogP contribution < -0.4 is 4.74 Å². The molecule has 3 rings (SSSR count). The highest BCUT2D eigenvalue weighted by Gasteiger charge is 2.40. The Morgan fingerprint density at radius 2 is 1.87 bits per heavy atom. The van der Waals surface area contributed by atoms with Crippen molar-refractivity contribution in [1.82, 2.24) is 9.88 Å². The summed E-state index contributed by atoms with van der Waals surface area (Å²) in [6.45, 7) is 8.06. The van der Waals surface area contributed by atoms with Gasteiger partial charge in [0.15, 0.2) is 11.9 Å². The summed E-state index contributed by atoms with van der Waals surface area (Å²) >= 11 is 0. The van der Waals surface area contributed by atoms with Gasteiger partial charge >= 0.3 is 6.18 Å². The van der Waals surface area contributed by atoms with Crippen molar-refractivity contribution in [2.45, 2.75) is 71.6 Å². The summed E-state index contributed by atoms with van der Waals surface area (Å²) in [6, 6.07) is 1.31. The maximum atomic E-state index is 13.0. The van der Waals surface area contributed by atoms with Gasteiger partial charge in [-0.15, -0.1) is 0 Å². The fourth-order valence-electron chi connectivity index (χ4n) is 3.47. The molecule has 0 N–H and O–H groups in total. The molecule has 1 aromatic heterocycles. The molecule has 5 nitrogen and oxygen atoms in total. The lowest BCUT2D eigenvalue weighted by atomic mass is 9.76. The minimum atomic E-state index is -4.50. The number of halogens is 3. The predicted octanol–water partition coefficient (Wildman–Crippen LogP) is 4.76. The Hall–Kier alpha value is -2.12. The molecule has 1 amide bonds. The Morgan fingerprint density at radius 1 is 1.23 bits per heavy atom. The van der Waals surface area contributed by atoms with E-state index >= 15 is 0 Å². The van der Waals surface area contributed by atoms with Gasteiger partial charge in [0.1, 0.15) is 11.4 Å². The summed E-state index contributed by atoms with van der Waals surface area (Å²) in [6.07, 6.45) is -2.40. The predicted molar refractivity (Wildman–Crippen MR) is 105 cm³/mol. The van der Waals surface area contributed by atoms with Crippen LogP contribution in [-0.4, -0.2) is 46.9 Å². The molecule has 166 valence electrons. The van der Waals surface area contributed by atoms with Crippen LogP contribution in [0.5, 0.6) is 5.75 Å². The number of hydrogen-bond acceptors (Lipinski definition) is 4. The second-order valence-corrected chi connectivity index (χ2v) is 9.41. The number of ether oxygens (including phenoxy) is 1. The average molecular weight is 426 g/mol. The van der Waals surface area contributed by atoms with Crippen molar-refractivity contribution in [1.29, 1.82) is 0 Å². The monoisotopic (exact) mass is 426 g/mol. The minimum Gasteiger partial charge on any atom is -0.481 e. The largest absolute Gasteiger partial charge is 0.481 e. The van der Waals surface area contributed by atoms with Crippen molar-refractivity contribution in [2.75, 3.05) is 13.1 Å². The smallest absolute Gasteiger partial charge is 0.425 e. The Kier molecular flexibility index (Phi) is 6.16. The fraction of sp³-hybridized carbons (Fsp3) is 0.682. The molecule has 0 radical (unpaired) electrons. The number of likely N-dealkylation sites (tertiary alicyclic amines) is 1. The van der Waals surface area contributed by atoms with E-state index in [1.165, 1.54) is 12.3 Å². The van der Waals surface area contributed by atoms with E-state index in [0.29, 0.717) is 18.7 Å². The van der Waals surface area contributed by atoms with E-state index < -0.39 is 23.6 Å². The van der Waals surface area contributed by atoms with Crippen LogP contribution >= 0.6 is 0 Å². The van der Waals surface area contributed by atoms with Crippen molar-refractivity contribution in [3.8, 4) is 5.75 Å². The van der Waals surface area contributed by atoms with Crippen LogP contribution in [0.2, 0.25) is 0 Å². The van der Waals surface area contributed by atoms with Crippen molar-refractivity contribution >= 4 is 11.7 Å². The van der Waals surface area contributed by atoms with Crippen molar-refractivity contribution in [3.05, 3.63) is 23.5 Å². The van der Waals surface area contributed by atoms with Gasteiger partial charge in [0.05, 0.1) is 5.92 Å².